The number of nitrogens with zero attached hydrogens (tertiary/aromatic N) is 1. The van der Waals surface area contributed by atoms with E-state index in [-0.39, 0.29) is 24.6 Å². The van der Waals surface area contributed by atoms with E-state index in [1.165, 1.54) is 0 Å². The zero-order chi connectivity index (χ0) is 14.1. The van der Waals surface area contributed by atoms with Crippen LogP contribution in [-0.4, -0.2) is 40.6 Å². The highest BCUT2D eigenvalue weighted by atomic mass is 16.5. The number of carbonyl (C=O) groups excluding carboxylic acids is 1. The number of carboxylic acids is 1. The van der Waals surface area contributed by atoms with Crippen LogP contribution in [0.4, 0.5) is 0 Å². The molecule has 3 unspecified atom stereocenters. The zero-order valence-corrected chi connectivity index (χ0v) is 11.1. The van der Waals surface area contributed by atoms with Crippen molar-refractivity contribution in [2.24, 2.45) is 5.92 Å². The molecule has 1 amide bonds. The summed E-state index contributed by atoms with van der Waals surface area (Å²) >= 11 is 0. The molecule has 0 spiro atoms. The summed E-state index contributed by atoms with van der Waals surface area (Å²) in [5.74, 6) is -0.652. The number of para-hydroxylation sites is 1. The number of benzene rings is 1. The van der Waals surface area contributed by atoms with E-state index in [4.69, 9.17) is 4.74 Å². The van der Waals surface area contributed by atoms with Gasteiger partial charge in [-0.25, -0.2) is 0 Å². The van der Waals surface area contributed by atoms with Gasteiger partial charge in [-0.2, -0.15) is 0 Å². The maximum absolute atomic E-state index is 12.3. The van der Waals surface area contributed by atoms with Gasteiger partial charge in [0.15, 0.2) is 6.61 Å². The van der Waals surface area contributed by atoms with Crippen molar-refractivity contribution in [3.63, 3.8) is 0 Å². The Hall–Kier alpha value is -2.04. The van der Waals surface area contributed by atoms with Gasteiger partial charge in [-0.15, -0.1) is 0 Å². The third-order valence-corrected chi connectivity index (χ3v) is 4.25. The fourth-order valence-corrected chi connectivity index (χ4v) is 3.38. The minimum Gasteiger partial charge on any atom is -0.484 e. The second-order valence-electron chi connectivity index (χ2n) is 5.38. The van der Waals surface area contributed by atoms with Crippen molar-refractivity contribution in [3.8, 4) is 5.75 Å². The summed E-state index contributed by atoms with van der Waals surface area (Å²) in [5.41, 5.74) is 0. The average Bonchev–Trinajstić information content (AvgIpc) is 3.03. The van der Waals surface area contributed by atoms with Crippen molar-refractivity contribution < 1.29 is 19.4 Å². The summed E-state index contributed by atoms with van der Waals surface area (Å²) in [4.78, 5) is 25.2. The molecule has 0 saturated carbocycles. The van der Waals surface area contributed by atoms with Crippen LogP contribution >= 0.6 is 0 Å². The lowest BCUT2D eigenvalue weighted by Crippen LogP contribution is -2.40. The Morgan fingerprint density at radius 3 is 2.65 bits per heavy atom. The van der Waals surface area contributed by atoms with Crippen LogP contribution in [0.5, 0.6) is 5.75 Å². The Kier molecular flexibility index (Phi) is 3.34. The van der Waals surface area contributed by atoms with Crippen LogP contribution in [0.3, 0.4) is 0 Å². The summed E-state index contributed by atoms with van der Waals surface area (Å²) in [6, 6.07) is 9.10. The van der Waals surface area contributed by atoms with Gasteiger partial charge < -0.3 is 14.7 Å². The predicted molar refractivity (Wildman–Crippen MR) is 71.3 cm³/mol. The van der Waals surface area contributed by atoms with Gasteiger partial charge in [-0.3, -0.25) is 9.59 Å². The molecule has 0 aromatic heterocycles. The fourth-order valence-electron chi connectivity index (χ4n) is 3.38. The van der Waals surface area contributed by atoms with Crippen LogP contribution in [0.25, 0.3) is 0 Å². The first-order valence-corrected chi connectivity index (χ1v) is 6.88. The molecule has 0 aliphatic carbocycles. The highest BCUT2D eigenvalue weighted by Gasteiger charge is 2.51. The first kappa shape index (κ1) is 13.0. The number of hydrogen-bond acceptors (Lipinski definition) is 3. The van der Waals surface area contributed by atoms with Crippen LogP contribution in [-0.2, 0) is 9.59 Å². The third-order valence-electron chi connectivity index (χ3n) is 4.25. The summed E-state index contributed by atoms with van der Waals surface area (Å²) in [6.45, 7) is -0.0245. The molecular formula is C15H17NO4. The molecule has 5 nitrogen and oxygen atoms in total. The number of ether oxygens (including phenoxy) is 1. The smallest absolute Gasteiger partial charge is 0.308 e. The van der Waals surface area contributed by atoms with Gasteiger partial charge in [0.05, 0.1) is 5.92 Å². The van der Waals surface area contributed by atoms with Crippen molar-refractivity contribution in [1.29, 1.82) is 0 Å². The van der Waals surface area contributed by atoms with Gasteiger partial charge in [0.1, 0.15) is 5.75 Å². The van der Waals surface area contributed by atoms with Gasteiger partial charge in [-0.1, -0.05) is 18.2 Å². The topological polar surface area (TPSA) is 66.8 Å². The summed E-state index contributed by atoms with van der Waals surface area (Å²) in [7, 11) is 0. The lowest BCUT2D eigenvalue weighted by Gasteiger charge is -2.23. The van der Waals surface area contributed by atoms with Crippen LogP contribution in [0.2, 0.25) is 0 Å². The Morgan fingerprint density at radius 2 is 2.00 bits per heavy atom. The molecule has 2 aliphatic heterocycles. The van der Waals surface area contributed by atoms with E-state index in [1.54, 1.807) is 17.0 Å². The number of aliphatic carboxylic acids is 1. The standard InChI is InChI=1S/C15H17NO4/c17-14(9-20-11-4-2-1-3-5-11)16-10-6-7-13(16)12(8-10)15(18)19/h1-5,10,12-13H,6-9H2,(H,18,19). The molecule has 3 rings (SSSR count). The Balaban J connectivity index is 1.62. The molecule has 3 atom stereocenters. The van der Waals surface area contributed by atoms with Gasteiger partial charge in [0, 0.05) is 12.1 Å². The van der Waals surface area contributed by atoms with Crippen LogP contribution in [0.1, 0.15) is 19.3 Å². The van der Waals surface area contributed by atoms with Crippen molar-refractivity contribution >= 4 is 11.9 Å². The molecule has 2 aliphatic rings. The molecule has 1 N–H and O–H groups in total. The highest BCUT2D eigenvalue weighted by Crippen LogP contribution is 2.41. The maximum Gasteiger partial charge on any atom is 0.308 e. The third kappa shape index (κ3) is 2.24. The largest absolute Gasteiger partial charge is 0.484 e. The van der Waals surface area contributed by atoms with Crippen molar-refractivity contribution in [3.05, 3.63) is 30.3 Å². The number of amides is 1. The number of rotatable bonds is 4. The van der Waals surface area contributed by atoms with E-state index in [9.17, 15) is 14.7 Å². The molecule has 1 aromatic carbocycles. The van der Waals surface area contributed by atoms with Gasteiger partial charge in [0.25, 0.3) is 5.91 Å². The molecular weight excluding hydrogens is 258 g/mol. The van der Waals surface area contributed by atoms with E-state index in [0.717, 1.165) is 12.8 Å². The van der Waals surface area contributed by atoms with Crippen molar-refractivity contribution in [2.75, 3.05) is 6.61 Å². The molecule has 2 saturated heterocycles. The lowest BCUT2D eigenvalue weighted by atomic mass is 9.89. The molecule has 20 heavy (non-hydrogen) atoms. The van der Waals surface area contributed by atoms with Crippen LogP contribution in [0.15, 0.2) is 30.3 Å². The van der Waals surface area contributed by atoms with Gasteiger partial charge >= 0.3 is 5.97 Å². The Morgan fingerprint density at radius 1 is 1.25 bits per heavy atom. The first-order chi connectivity index (χ1) is 9.66. The predicted octanol–water partition coefficient (Wildman–Crippen LogP) is 1.53. The molecule has 2 fully saturated rings. The van der Waals surface area contributed by atoms with Crippen molar-refractivity contribution in [2.45, 2.75) is 31.3 Å². The number of hydrogen-bond donors (Lipinski definition) is 1. The quantitative estimate of drug-likeness (QED) is 0.905. The highest BCUT2D eigenvalue weighted by molar-refractivity contribution is 5.81. The number of fused-ring (bicyclic) bond motifs is 2. The fraction of sp³-hybridized carbons (Fsp3) is 0.467. The normalized spacial score (nSPS) is 27.6. The van der Waals surface area contributed by atoms with E-state index in [0.29, 0.717) is 12.2 Å². The van der Waals surface area contributed by atoms with Gasteiger partial charge in [0.2, 0.25) is 0 Å². The molecule has 0 radical (unpaired) electrons. The number of carbonyl (C=O) groups is 2. The Labute approximate surface area is 117 Å². The van der Waals surface area contributed by atoms with Crippen LogP contribution in [0, 0.1) is 5.92 Å². The maximum atomic E-state index is 12.3. The summed E-state index contributed by atoms with van der Waals surface area (Å²) in [6.07, 6.45) is 2.28. The monoisotopic (exact) mass is 275 g/mol. The molecule has 106 valence electrons. The van der Waals surface area contributed by atoms with E-state index in [1.807, 2.05) is 18.2 Å². The Bertz CT molecular complexity index is 516. The van der Waals surface area contributed by atoms with E-state index in [2.05, 4.69) is 0 Å². The molecule has 2 heterocycles. The zero-order valence-electron chi connectivity index (χ0n) is 11.1. The van der Waals surface area contributed by atoms with E-state index < -0.39 is 11.9 Å². The SMILES string of the molecule is O=C(O)C1CC2CCC1N2C(=O)COc1ccccc1. The van der Waals surface area contributed by atoms with Crippen LogP contribution < -0.4 is 4.74 Å². The summed E-state index contributed by atoms with van der Waals surface area (Å²) < 4.78 is 5.46. The second kappa shape index (κ2) is 5.15. The molecule has 2 bridgehead atoms. The number of carboxylic acid groups (broad SMARTS) is 1. The minimum absolute atomic E-state index is 0.0245. The average molecular weight is 275 g/mol. The van der Waals surface area contributed by atoms with Crippen molar-refractivity contribution in [1.82, 2.24) is 4.90 Å². The molecule has 1 aromatic rings. The minimum atomic E-state index is -0.793. The lowest BCUT2D eigenvalue weighted by molar-refractivity contribution is -0.143. The first-order valence-electron chi connectivity index (χ1n) is 6.88. The second-order valence-corrected chi connectivity index (χ2v) is 5.38. The molecule has 5 heteroatoms. The van der Waals surface area contributed by atoms with E-state index >= 15 is 0 Å². The summed E-state index contributed by atoms with van der Waals surface area (Å²) in [5, 5.41) is 9.17. The van der Waals surface area contributed by atoms with Gasteiger partial charge in [-0.05, 0) is 31.4 Å².